The second-order valence-corrected chi connectivity index (χ2v) is 11.1. The quantitative estimate of drug-likeness (QED) is 0.145. The van der Waals surface area contributed by atoms with E-state index < -0.39 is 29.6 Å². The van der Waals surface area contributed by atoms with E-state index in [9.17, 15) is 14.4 Å². The van der Waals surface area contributed by atoms with Gasteiger partial charge in [-0.25, -0.2) is 4.90 Å². The normalized spacial score (nSPS) is 22.8. The van der Waals surface area contributed by atoms with Crippen molar-refractivity contribution in [3.05, 3.63) is 120 Å². The van der Waals surface area contributed by atoms with Crippen molar-refractivity contribution in [3.63, 3.8) is 0 Å². The van der Waals surface area contributed by atoms with E-state index in [2.05, 4.69) is 0 Å². The Morgan fingerprint density at radius 2 is 1.40 bits per heavy atom. The first kappa shape index (κ1) is 24.6. The summed E-state index contributed by atoms with van der Waals surface area (Å²) in [6.07, 6.45) is 2.01. The van der Waals surface area contributed by atoms with Crippen LogP contribution in [0, 0.1) is 17.8 Å². The number of esters is 1. The predicted octanol–water partition coefficient (Wildman–Crippen LogP) is 6.52. The van der Waals surface area contributed by atoms with Crippen molar-refractivity contribution in [2.24, 2.45) is 17.8 Å². The number of ether oxygens (including phenoxy) is 2. The molecular weight excluding hydrogens is 526 g/mol. The van der Waals surface area contributed by atoms with Crippen LogP contribution in [0.4, 0.5) is 5.69 Å². The summed E-state index contributed by atoms with van der Waals surface area (Å²) in [6, 6.07) is 32.7. The van der Waals surface area contributed by atoms with Crippen LogP contribution in [0.1, 0.15) is 17.0 Å². The lowest BCUT2D eigenvalue weighted by Gasteiger charge is -2.38. The molecule has 5 aromatic carbocycles. The SMILES string of the molecule is COc1ccc([C@@H]2C=C3c4ccc5ccccc5c4OC(=O)[C@@H]3[C@H]3C(=O)N(c4ccc5ccccc5c4)C(=O)[C@@H]32)cc1. The lowest BCUT2D eigenvalue weighted by atomic mass is 9.64. The number of nitrogens with zero attached hydrogens (tertiary/aromatic N) is 1. The van der Waals surface area contributed by atoms with E-state index in [1.165, 1.54) is 4.90 Å². The van der Waals surface area contributed by atoms with Gasteiger partial charge in [-0.05, 0) is 51.6 Å². The Bertz CT molecular complexity index is 1990. The molecule has 0 spiro atoms. The number of carbonyl (C=O) groups is 3. The Kier molecular flexibility index (Phi) is 5.35. The van der Waals surface area contributed by atoms with Crippen LogP contribution in [0.15, 0.2) is 109 Å². The standard InChI is InChI=1S/C36H25NO5/c1-41-25-15-11-22(12-16-25)28-19-29-27-17-13-21-7-4-5-9-26(21)33(27)42-36(40)31(29)32-30(28)34(38)37(35(32)39)24-14-10-20-6-2-3-8-23(20)18-24/h2-19,28,30-32H,1H3/t28-,30+,31-,32-/m0/s1. The summed E-state index contributed by atoms with van der Waals surface area (Å²) in [6.45, 7) is 0. The van der Waals surface area contributed by atoms with Gasteiger partial charge >= 0.3 is 5.97 Å². The van der Waals surface area contributed by atoms with Crippen molar-refractivity contribution in [2.45, 2.75) is 5.92 Å². The third kappa shape index (κ3) is 3.48. The number of fused-ring (bicyclic) bond motifs is 8. The van der Waals surface area contributed by atoms with Gasteiger partial charge in [-0.15, -0.1) is 0 Å². The average Bonchev–Trinajstić information content (AvgIpc) is 3.30. The highest BCUT2D eigenvalue weighted by molar-refractivity contribution is 6.25. The second-order valence-electron chi connectivity index (χ2n) is 11.1. The molecule has 1 aliphatic carbocycles. The number of rotatable bonds is 3. The first-order valence-corrected chi connectivity index (χ1v) is 14.0. The van der Waals surface area contributed by atoms with Crippen LogP contribution < -0.4 is 14.4 Å². The summed E-state index contributed by atoms with van der Waals surface area (Å²) < 4.78 is 11.4. The molecule has 0 N–H and O–H groups in total. The fourth-order valence-electron chi connectivity index (χ4n) is 7.01. The number of benzene rings is 5. The van der Waals surface area contributed by atoms with Crippen molar-refractivity contribution >= 4 is 50.6 Å². The van der Waals surface area contributed by atoms with Gasteiger partial charge in [0.05, 0.1) is 30.6 Å². The average molecular weight is 552 g/mol. The van der Waals surface area contributed by atoms with Gasteiger partial charge in [0.1, 0.15) is 11.5 Å². The summed E-state index contributed by atoms with van der Waals surface area (Å²) in [5.74, 6) is -2.99. The summed E-state index contributed by atoms with van der Waals surface area (Å²) >= 11 is 0. The van der Waals surface area contributed by atoms with E-state index in [0.29, 0.717) is 17.2 Å². The molecule has 8 rings (SSSR count). The molecule has 0 radical (unpaired) electrons. The van der Waals surface area contributed by atoms with Crippen LogP contribution in [-0.4, -0.2) is 24.9 Å². The molecule has 204 valence electrons. The van der Waals surface area contributed by atoms with Crippen LogP contribution in [0.3, 0.4) is 0 Å². The third-order valence-corrected chi connectivity index (χ3v) is 8.98. The zero-order valence-electron chi connectivity index (χ0n) is 22.7. The smallest absolute Gasteiger partial charge is 0.319 e. The Morgan fingerprint density at radius 3 is 2.19 bits per heavy atom. The molecule has 3 aliphatic rings. The van der Waals surface area contributed by atoms with Gasteiger partial charge in [0.2, 0.25) is 11.8 Å². The largest absolute Gasteiger partial charge is 0.497 e. The molecule has 0 aromatic heterocycles. The van der Waals surface area contributed by atoms with E-state index in [1.807, 2.05) is 103 Å². The van der Waals surface area contributed by atoms with E-state index in [4.69, 9.17) is 9.47 Å². The van der Waals surface area contributed by atoms with Crippen LogP contribution in [0.25, 0.3) is 27.1 Å². The maximum Gasteiger partial charge on any atom is 0.319 e. The maximum atomic E-state index is 14.3. The van der Waals surface area contributed by atoms with E-state index in [0.717, 1.165) is 38.2 Å². The molecule has 1 fully saturated rings. The molecule has 2 aliphatic heterocycles. The van der Waals surface area contributed by atoms with Crippen molar-refractivity contribution in [3.8, 4) is 11.5 Å². The van der Waals surface area contributed by atoms with E-state index in [1.54, 1.807) is 13.2 Å². The highest BCUT2D eigenvalue weighted by Crippen LogP contribution is 2.55. The van der Waals surface area contributed by atoms with Crippen LogP contribution >= 0.6 is 0 Å². The highest BCUT2D eigenvalue weighted by Gasteiger charge is 2.60. The minimum Gasteiger partial charge on any atom is -0.497 e. The summed E-state index contributed by atoms with van der Waals surface area (Å²) in [7, 11) is 1.60. The summed E-state index contributed by atoms with van der Waals surface area (Å²) in [4.78, 5) is 43.7. The van der Waals surface area contributed by atoms with Crippen molar-refractivity contribution in [1.82, 2.24) is 0 Å². The zero-order valence-corrected chi connectivity index (χ0v) is 22.7. The van der Waals surface area contributed by atoms with Gasteiger partial charge in [-0.2, -0.15) is 0 Å². The Balaban J connectivity index is 1.32. The molecular formula is C36H25NO5. The van der Waals surface area contributed by atoms with Crippen LogP contribution in [0.5, 0.6) is 11.5 Å². The minimum absolute atomic E-state index is 0.312. The Morgan fingerprint density at radius 1 is 0.714 bits per heavy atom. The minimum atomic E-state index is -0.900. The molecule has 6 heteroatoms. The molecule has 1 saturated heterocycles. The second kappa shape index (κ2) is 9.14. The van der Waals surface area contributed by atoms with Crippen LogP contribution in [-0.2, 0) is 14.4 Å². The Hall–Kier alpha value is -5.23. The van der Waals surface area contributed by atoms with E-state index in [-0.39, 0.29) is 11.8 Å². The number of allylic oxidation sites excluding steroid dienone is 1. The van der Waals surface area contributed by atoms with E-state index >= 15 is 0 Å². The van der Waals surface area contributed by atoms with Crippen molar-refractivity contribution < 1.29 is 23.9 Å². The monoisotopic (exact) mass is 551 g/mol. The molecule has 5 aromatic rings. The molecule has 2 heterocycles. The van der Waals surface area contributed by atoms with Gasteiger partial charge in [0, 0.05) is 16.9 Å². The molecule has 0 saturated carbocycles. The number of hydrogen-bond donors (Lipinski definition) is 0. The summed E-state index contributed by atoms with van der Waals surface area (Å²) in [5.41, 5.74) is 2.89. The number of anilines is 1. The van der Waals surface area contributed by atoms with Gasteiger partial charge in [-0.3, -0.25) is 14.4 Å². The van der Waals surface area contributed by atoms with Crippen LogP contribution in [0.2, 0.25) is 0 Å². The highest BCUT2D eigenvalue weighted by atomic mass is 16.5. The number of amides is 2. The Labute approximate surface area is 241 Å². The summed E-state index contributed by atoms with van der Waals surface area (Å²) in [5, 5.41) is 3.72. The predicted molar refractivity (Wildman–Crippen MR) is 160 cm³/mol. The number of carbonyl (C=O) groups excluding carboxylic acids is 3. The fraction of sp³-hybridized carbons (Fsp3) is 0.139. The molecule has 4 atom stereocenters. The first-order chi connectivity index (χ1) is 20.5. The maximum absolute atomic E-state index is 14.3. The van der Waals surface area contributed by atoms with Crippen molar-refractivity contribution in [2.75, 3.05) is 12.0 Å². The topological polar surface area (TPSA) is 72.9 Å². The first-order valence-electron chi connectivity index (χ1n) is 14.0. The lowest BCUT2D eigenvalue weighted by Crippen LogP contribution is -2.42. The molecule has 2 amide bonds. The van der Waals surface area contributed by atoms with Gasteiger partial charge < -0.3 is 9.47 Å². The fourth-order valence-corrected chi connectivity index (χ4v) is 7.01. The lowest BCUT2D eigenvalue weighted by molar-refractivity contribution is -0.142. The molecule has 42 heavy (non-hydrogen) atoms. The molecule has 6 nitrogen and oxygen atoms in total. The zero-order chi connectivity index (χ0) is 28.5. The third-order valence-electron chi connectivity index (χ3n) is 8.98. The molecule has 0 unspecified atom stereocenters. The van der Waals surface area contributed by atoms with Gasteiger partial charge in [0.25, 0.3) is 0 Å². The van der Waals surface area contributed by atoms with Gasteiger partial charge in [0.15, 0.2) is 0 Å². The number of imide groups is 1. The molecule has 0 bridgehead atoms. The van der Waals surface area contributed by atoms with Crippen molar-refractivity contribution in [1.29, 1.82) is 0 Å². The number of hydrogen-bond acceptors (Lipinski definition) is 5. The number of methoxy groups -OCH3 is 1. The van der Waals surface area contributed by atoms with Gasteiger partial charge in [-0.1, -0.05) is 84.9 Å².